The van der Waals surface area contributed by atoms with Crippen LogP contribution in [0, 0.1) is 0 Å². The molecule has 72 valence electrons. The van der Waals surface area contributed by atoms with Crippen LogP contribution in [0.2, 0.25) is 0 Å². The molecule has 0 aliphatic rings. The fourth-order valence-corrected chi connectivity index (χ4v) is 0.989. The molecule has 0 atom stereocenters. The molecule has 0 spiro atoms. The molecular weight excluding hydrogens is 168 g/mol. The fourth-order valence-electron chi connectivity index (χ4n) is 0.989. The molecule has 1 aromatic heterocycles. The van der Waals surface area contributed by atoms with E-state index in [4.69, 9.17) is 5.73 Å². The van der Waals surface area contributed by atoms with Gasteiger partial charge in [-0.15, -0.1) is 0 Å². The van der Waals surface area contributed by atoms with E-state index in [1.165, 1.54) is 0 Å². The Kier molecular flexibility index (Phi) is 3.98. The second-order valence-electron chi connectivity index (χ2n) is 2.78. The zero-order valence-electron chi connectivity index (χ0n) is 7.42. The molecular formula is C8H14N4O. The van der Waals surface area contributed by atoms with E-state index in [2.05, 4.69) is 15.3 Å². The van der Waals surface area contributed by atoms with Crippen LogP contribution in [0.25, 0.3) is 0 Å². The lowest BCUT2D eigenvalue weighted by Gasteiger charge is -2.00. The Labute approximate surface area is 76.7 Å². The first-order valence-electron chi connectivity index (χ1n) is 4.26. The molecule has 0 radical (unpaired) electrons. The van der Waals surface area contributed by atoms with E-state index in [1.54, 1.807) is 12.4 Å². The van der Waals surface area contributed by atoms with E-state index < -0.39 is 0 Å². The lowest BCUT2D eigenvalue weighted by molar-refractivity contribution is -0.118. The maximum atomic E-state index is 10.4. The van der Waals surface area contributed by atoms with E-state index in [1.807, 2.05) is 0 Å². The molecule has 0 aliphatic carbocycles. The van der Waals surface area contributed by atoms with Gasteiger partial charge in [-0.1, -0.05) is 0 Å². The van der Waals surface area contributed by atoms with Gasteiger partial charge in [-0.05, 0) is 13.0 Å². The number of hydrogen-bond acceptors (Lipinski definition) is 3. The minimum atomic E-state index is -0.250. The molecule has 5 nitrogen and oxygen atoms in total. The summed E-state index contributed by atoms with van der Waals surface area (Å²) in [6.45, 7) is 1.48. The summed E-state index contributed by atoms with van der Waals surface area (Å²) >= 11 is 0. The largest absolute Gasteiger partial charge is 0.370 e. The van der Waals surface area contributed by atoms with Crippen LogP contribution in [0.1, 0.15) is 18.7 Å². The smallest absolute Gasteiger partial charge is 0.217 e. The third-order valence-corrected chi connectivity index (χ3v) is 1.62. The van der Waals surface area contributed by atoms with Crippen molar-refractivity contribution in [3.8, 4) is 0 Å². The standard InChI is InChI=1S/C8H14N4O/c9-7(13)2-1-3-10-6-8-11-4-5-12-8/h4-5,10H,1-3,6H2,(H2,9,13)(H,11,12). The Morgan fingerprint density at radius 3 is 3.15 bits per heavy atom. The number of nitrogens with one attached hydrogen (secondary N) is 2. The minimum Gasteiger partial charge on any atom is -0.370 e. The van der Waals surface area contributed by atoms with E-state index in [-0.39, 0.29) is 5.91 Å². The Hall–Kier alpha value is -1.36. The summed E-state index contributed by atoms with van der Waals surface area (Å²) in [4.78, 5) is 17.4. The third kappa shape index (κ3) is 4.27. The number of aromatic nitrogens is 2. The number of primary amides is 1. The van der Waals surface area contributed by atoms with Crippen molar-refractivity contribution in [3.05, 3.63) is 18.2 Å². The van der Waals surface area contributed by atoms with Crippen molar-refractivity contribution in [3.63, 3.8) is 0 Å². The summed E-state index contributed by atoms with van der Waals surface area (Å²) in [5.74, 6) is 0.652. The highest BCUT2D eigenvalue weighted by molar-refractivity contribution is 5.73. The third-order valence-electron chi connectivity index (χ3n) is 1.62. The van der Waals surface area contributed by atoms with Gasteiger partial charge in [0.15, 0.2) is 0 Å². The van der Waals surface area contributed by atoms with Crippen LogP contribution < -0.4 is 11.1 Å². The van der Waals surface area contributed by atoms with Gasteiger partial charge in [0.25, 0.3) is 0 Å². The Bertz CT molecular complexity index is 245. The number of nitrogens with two attached hydrogens (primary N) is 1. The van der Waals surface area contributed by atoms with Crippen molar-refractivity contribution in [1.82, 2.24) is 15.3 Å². The van der Waals surface area contributed by atoms with Gasteiger partial charge in [0.2, 0.25) is 5.91 Å². The molecule has 5 heteroatoms. The quantitative estimate of drug-likeness (QED) is 0.531. The van der Waals surface area contributed by atoms with Crippen molar-refractivity contribution in [2.75, 3.05) is 6.54 Å². The molecule has 1 rings (SSSR count). The summed E-state index contributed by atoms with van der Waals surface area (Å²) < 4.78 is 0. The molecule has 0 saturated heterocycles. The van der Waals surface area contributed by atoms with Crippen LogP contribution in [0.15, 0.2) is 12.4 Å². The molecule has 1 heterocycles. The molecule has 0 unspecified atom stereocenters. The van der Waals surface area contributed by atoms with Gasteiger partial charge in [-0.2, -0.15) is 0 Å². The maximum absolute atomic E-state index is 10.4. The van der Waals surface area contributed by atoms with Gasteiger partial charge in [0, 0.05) is 18.8 Å². The number of hydrogen-bond donors (Lipinski definition) is 3. The van der Waals surface area contributed by atoms with Crippen LogP contribution in [0.3, 0.4) is 0 Å². The van der Waals surface area contributed by atoms with Crippen LogP contribution in [-0.4, -0.2) is 22.4 Å². The van der Waals surface area contributed by atoms with Crippen LogP contribution >= 0.6 is 0 Å². The number of H-pyrrole nitrogens is 1. The molecule has 1 amide bonds. The number of carbonyl (C=O) groups excluding carboxylic acids is 1. The average molecular weight is 182 g/mol. The molecule has 13 heavy (non-hydrogen) atoms. The van der Waals surface area contributed by atoms with Crippen molar-refractivity contribution in [2.45, 2.75) is 19.4 Å². The van der Waals surface area contributed by atoms with Crippen molar-refractivity contribution >= 4 is 5.91 Å². The average Bonchev–Trinajstić information content (AvgIpc) is 2.55. The van der Waals surface area contributed by atoms with Crippen LogP contribution in [0.5, 0.6) is 0 Å². The van der Waals surface area contributed by atoms with Gasteiger partial charge >= 0.3 is 0 Å². The number of carbonyl (C=O) groups is 1. The second kappa shape index (κ2) is 5.31. The first kappa shape index (κ1) is 9.73. The summed E-state index contributed by atoms with van der Waals surface area (Å²) in [7, 11) is 0. The lowest BCUT2D eigenvalue weighted by Crippen LogP contribution is -2.18. The highest BCUT2D eigenvalue weighted by Crippen LogP contribution is 1.88. The number of rotatable bonds is 6. The molecule has 0 saturated carbocycles. The summed E-state index contributed by atoms with van der Waals surface area (Å²) in [6.07, 6.45) is 4.70. The van der Waals surface area contributed by atoms with Crippen molar-refractivity contribution in [1.29, 1.82) is 0 Å². The minimum absolute atomic E-state index is 0.250. The highest BCUT2D eigenvalue weighted by atomic mass is 16.1. The number of nitrogens with zero attached hydrogens (tertiary/aromatic N) is 1. The van der Waals surface area contributed by atoms with Gasteiger partial charge in [0.05, 0.1) is 6.54 Å². The molecule has 4 N–H and O–H groups in total. The Morgan fingerprint density at radius 2 is 2.54 bits per heavy atom. The Balaban J connectivity index is 1.99. The predicted molar refractivity (Wildman–Crippen MR) is 48.7 cm³/mol. The van der Waals surface area contributed by atoms with E-state index in [9.17, 15) is 4.79 Å². The highest BCUT2D eigenvalue weighted by Gasteiger charge is 1.95. The normalized spacial score (nSPS) is 10.2. The van der Waals surface area contributed by atoms with E-state index in [0.29, 0.717) is 13.0 Å². The summed E-state index contributed by atoms with van der Waals surface area (Å²) in [5, 5.41) is 3.14. The molecule has 0 fully saturated rings. The predicted octanol–water partition coefficient (Wildman–Crippen LogP) is -0.235. The lowest BCUT2D eigenvalue weighted by atomic mass is 10.3. The van der Waals surface area contributed by atoms with Crippen LogP contribution in [0.4, 0.5) is 0 Å². The second-order valence-corrected chi connectivity index (χ2v) is 2.78. The van der Waals surface area contributed by atoms with Gasteiger partial charge in [-0.3, -0.25) is 4.79 Å². The summed E-state index contributed by atoms with van der Waals surface area (Å²) in [5.41, 5.74) is 4.98. The van der Waals surface area contributed by atoms with E-state index >= 15 is 0 Å². The first-order valence-corrected chi connectivity index (χ1v) is 4.26. The van der Waals surface area contributed by atoms with Crippen LogP contribution in [-0.2, 0) is 11.3 Å². The topological polar surface area (TPSA) is 83.8 Å². The zero-order valence-corrected chi connectivity index (χ0v) is 7.42. The number of imidazole rings is 1. The monoisotopic (exact) mass is 182 g/mol. The van der Waals surface area contributed by atoms with E-state index in [0.717, 1.165) is 18.8 Å². The number of aromatic amines is 1. The number of amides is 1. The van der Waals surface area contributed by atoms with Crippen molar-refractivity contribution in [2.24, 2.45) is 5.73 Å². The fraction of sp³-hybridized carbons (Fsp3) is 0.500. The molecule has 0 aromatic carbocycles. The Morgan fingerprint density at radius 1 is 1.69 bits per heavy atom. The van der Waals surface area contributed by atoms with Gasteiger partial charge in [-0.25, -0.2) is 4.98 Å². The maximum Gasteiger partial charge on any atom is 0.217 e. The van der Waals surface area contributed by atoms with Crippen molar-refractivity contribution < 1.29 is 4.79 Å². The SMILES string of the molecule is NC(=O)CCCNCc1ncc[nH]1. The molecule has 0 bridgehead atoms. The zero-order chi connectivity index (χ0) is 9.52. The van der Waals surface area contributed by atoms with Gasteiger partial charge < -0.3 is 16.0 Å². The molecule has 0 aliphatic heterocycles. The first-order chi connectivity index (χ1) is 6.29. The van der Waals surface area contributed by atoms with Gasteiger partial charge in [0.1, 0.15) is 5.82 Å². The summed E-state index contributed by atoms with van der Waals surface area (Å²) in [6, 6.07) is 0. The molecule has 1 aromatic rings.